The van der Waals surface area contributed by atoms with Crippen LogP contribution in [0.1, 0.15) is 38.2 Å². The van der Waals surface area contributed by atoms with Crippen molar-refractivity contribution in [3.8, 4) is 11.5 Å². The lowest BCUT2D eigenvalue weighted by Gasteiger charge is -2.25. The number of carbonyl (C=O) groups excluding carboxylic acids is 1. The summed E-state index contributed by atoms with van der Waals surface area (Å²) in [5.41, 5.74) is 0.936. The minimum Gasteiger partial charge on any atom is -0.493 e. The Hall–Kier alpha value is -1.97. The highest BCUT2D eigenvalue weighted by Crippen LogP contribution is 2.28. The van der Waals surface area contributed by atoms with Gasteiger partial charge in [0.25, 0.3) is 0 Å². The van der Waals surface area contributed by atoms with E-state index in [0.717, 1.165) is 43.7 Å². The van der Waals surface area contributed by atoms with Crippen LogP contribution in [0.15, 0.2) is 24.3 Å². The molecule has 22 heavy (non-hydrogen) atoms. The van der Waals surface area contributed by atoms with Crippen molar-refractivity contribution in [2.24, 2.45) is 0 Å². The third-order valence-corrected chi connectivity index (χ3v) is 3.74. The number of amides is 1. The zero-order chi connectivity index (χ0) is 15.8. The van der Waals surface area contributed by atoms with Gasteiger partial charge in [0.1, 0.15) is 0 Å². The van der Waals surface area contributed by atoms with E-state index in [1.54, 1.807) is 13.2 Å². The Bertz CT molecular complexity index is 519. The Morgan fingerprint density at radius 2 is 2.00 bits per heavy atom. The minimum atomic E-state index is 0.0879. The van der Waals surface area contributed by atoms with E-state index in [4.69, 9.17) is 9.47 Å². The van der Waals surface area contributed by atoms with Crippen molar-refractivity contribution in [2.75, 3.05) is 26.8 Å². The maximum absolute atomic E-state index is 12.1. The molecule has 0 aliphatic carbocycles. The first kappa shape index (κ1) is 16.4. The number of methoxy groups -OCH3 is 1. The maximum Gasteiger partial charge on any atom is 0.246 e. The van der Waals surface area contributed by atoms with Gasteiger partial charge in [0, 0.05) is 19.2 Å². The van der Waals surface area contributed by atoms with Crippen molar-refractivity contribution < 1.29 is 14.3 Å². The van der Waals surface area contributed by atoms with Crippen LogP contribution >= 0.6 is 0 Å². The van der Waals surface area contributed by atoms with Gasteiger partial charge < -0.3 is 14.4 Å². The van der Waals surface area contributed by atoms with E-state index in [1.807, 2.05) is 29.2 Å². The van der Waals surface area contributed by atoms with Gasteiger partial charge in [-0.3, -0.25) is 4.79 Å². The largest absolute Gasteiger partial charge is 0.493 e. The molecule has 0 saturated carbocycles. The summed E-state index contributed by atoms with van der Waals surface area (Å²) in [5, 5.41) is 0. The zero-order valence-electron chi connectivity index (χ0n) is 13.5. The van der Waals surface area contributed by atoms with Gasteiger partial charge in [0.15, 0.2) is 11.5 Å². The van der Waals surface area contributed by atoms with Crippen molar-refractivity contribution in [1.29, 1.82) is 0 Å². The molecule has 1 aromatic carbocycles. The molecule has 2 rings (SSSR count). The topological polar surface area (TPSA) is 38.8 Å². The molecule has 120 valence electrons. The summed E-state index contributed by atoms with van der Waals surface area (Å²) in [6, 6.07) is 5.72. The summed E-state index contributed by atoms with van der Waals surface area (Å²) in [5.74, 6) is 1.52. The molecule has 1 saturated heterocycles. The molecule has 0 spiro atoms. The lowest BCUT2D eigenvalue weighted by atomic mass is 10.1. The van der Waals surface area contributed by atoms with E-state index in [2.05, 4.69) is 6.92 Å². The van der Waals surface area contributed by atoms with Gasteiger partial charge in [-0.25, -0.2) is 0 Å². The monoisotopic (exact) mass is 303 g/mol. The summed E-state index contributed by atoms with van der Waals surface area (Å²) in [4.78, 5) is 14.0. The third-order valence-electron chi connectivity index (χ3n) is 3.74. The molecule has 1 aliphatic heterocycles. The molecule has 1 aromatic rings. The molecule has 1 amide bonds. The fourth-order valence-corrected chi connectivity index (χ4v) is 2.51. The highest BCUT2D eigenvalue weighted by Gasteiger charge is 2.13. The SMILES string of the molecule is CCCOc1ccc(/C=C/C(=O)N2CCCCC2)cc1OC. The number of hydrogen-bond donors (Lipinski definition) is 0. The Morgan fingerprint density at radius 3 is 2.68 bits per heavy atom. The first-order valence-electron chi connectivity index (χ1n) is 8.02. The van der Waals surface area contributed by atoms with Crippen molar-refractivity contribution in [3.05, 3.63) is 29.8 Å². The Balaban J connectivity index is 2.02. The second-order valence-corrected chi connectivity index (χ2v) is 5.48. The number of piperidine rings is 1. The summed E-state index contributed by atoms with van der Waals surface area (Å²) in [7, 11) is 1.63. The van der Waals surface area contributed by atoms with Crippen molar-refractivity contribution >= 4 is 12.0 Å². The predicted molar refractivity (Wildman–Crippen MR) is 88.2 cm³/mol. The van der Waals surface area contributed by atoms with E-state index >= 15 is 0 Å². The maximum atomic E-state index is 12.1. The first-order valence-corrected chi connectivity index (χ1v) is 8.02. The van der Waals surface area contributed by atoms with Crippen LogP contribution in [-0.2, 0) is 4.79 Å². The second-order valence-electron chi connectivity index (χ2n) is 5.48. The molecule has 4 heteroatoms. The smallest absolute Gasteiger partial charge is 0.246 e. The van der Waals surface area contributed by atoms with E-state index in [0.29, 0.717) is 12.4 Å². The fourth-order valence-electron chi connectivity index (χ4n) is 2.51. The van der Waals surface area contributed by atoms with Gasteiger partial charge in [-0.15, -0.1) is 0 Å². The minimum absolute atomic E-state index is 0.0879. The molecule has 1 aliphatic rings. The number of nitrogens with zero attached hydrogens (tertiary/aromatic N) is 1. The quantitative estimate of drug-likeness (QED) is 0.755. The van der Waals surface area contributed by atoms with Gasteiger partial charge in [-0.1, -0.05) is 13.0 Å². The van der Waals surface area contributed by atoms with Crippen LogP contribution in [0.25, 0.3) is 6.08 Å². The van der Waals surface area contributed by atoms with Crippen LogP contribution in [-0.4, -0.2) is 37.6 Å². The van der Waals surface area contributed by atoms with Gasteiger partial charge >= 0.3 is 0 Å². The van der Waals surface area contributed by atoms with Crippen LogP contribution in [0.3, 0.4) is 0 Å². The average molecular weight is 303 g/mol. The highest BCUT2D eigenvalue weighted by atomic mass is 16.5. The van der Waals surface area contributed by atoms with Crippen molar-refractivity contribution in [3.63, 3.8) is 0 Å². The number of carbonyl (C=O) groups is 1. The number of rotatable bonds is 6. The lowest BCUT2D eigenvalue weighted by molar-refractivity contribution is -0.126. The third kappa shape index (κ3) is 4.52. The normalized spacial score (nSPS) is 15.1. The summed E-state index contributed by atoms with van der Waals surface area (Å²) >= 11 is 0. The highest BCUT2D eigenvalue weighted by molar-refractivity contribution is 5.91. The summed E-state index contributed by atoms with van der Waals surface area (Å²) < 4.78 is 11.0. The Labute approximate surface area is 132 Å². The van der Waals surface area contributed by atoms with Crippen LogP contribution in [0, 0.1) is 0 Å². The van der Waals surface area contributed by atoms with Crippen molar-refractivity contribution in [2.45, 2.75) is 32.6 Å². The van der Waals surface area contributed by atoms with Gasteiger partial charge in [-0.2, -0.15) is 0 Å². The molecule has 0 aromatic heterocycles. The molecule has 4 nitrogen and oxygen atoms in total. The van der Waals surface area contributed by atoms with Crippen LogP contribution < -0.4 is 9.47 Å². The number of ether oxygens (including phenoxy) is 2. The summed E-state index contributed by atoms with van der Waals surface area (Å²) in [6.07, 6.45) is 7.88. The van der Waals surface area contributed by atoms with E-state index in [9.17, 15) is 4.79 Å². The lowest BCUT2D eigenvalue weighted by Crippen LogP contribution is -2.34. The van der Waals surface area contributed by atoms with Crippen LogP contribution in [0.4, 0.5) is 0 Å². The number of likely N-dealkylation sites (tertiary alicyclic amines) is 1. The predicted octanol–water partition coefficient (Wildman–Crippen LogP) is 3.51. The molecule has 0 unspecified atom stereocenters. The van der Waals surface area contributed by atoms with E-state index in [1.165, 1.54) is 6.42 Å². The van der Waals surface area contributed by atoms with Crippen molar-refractivity contribution in [1.82, 2.24) is 4.90 Å². The fraction of sp³-hybridized carbons (Fsp3) is 0.500. The average Bonchev–Trinajstić information content (AvgIpc) is 2.58. The van der Waals surface area contributed by atoms with E-state index in [-0.39, 0.29) is 5.91 Å². The zero-order valence-corrected chi connectivity index (χ0v) is 13.5. The molecule has 0 atom stereocenters. The molecule has 1 fully saturated rings. The molecular weight excluding hydrogens is 278 g/mol. The van der Waals surface area contributed by atoms with Gasteiger partial charge in [0.2, 0.25) is 5.91 Å². The second kappa shape index (κ2) is 8.47. The van der Waals surface area contributed by atoms with Gasteiger partial charge in [-0.05, 0) is 49.5 Å². The van der Waals surface area contributed by atoms with E-state index < -0.39 is 0 Å². The van der Waals surface area contributed by atoms with Crippen LogP contribution in [0.5, 0.6) is 11.5 Å². The molecular formula is C18H25NO3. The molecule has 0 radical (unpaired) electrons. The molecule has 0 N–H and O–H groups in total. The Morgan fingerprint density at radius 1 is 1.23 bits per heavy atom. The summed E-state index contributed by atoms with van der Waals surface area (Å²) in [6.45, 7) is 4.47. The molecule has 1 heterocycles. The van der Waals surface area contributed by atoms with Gasteiger partial charge in [0.05, 0.1) is 13.7 Å². The first-order chi connectivity index (χ1) is 10.7. The molecule has 0 bridgehead atoms. The number of benzene rings is 1. The Kier molecular flexibility index (Phi) is 6.31. The standard InChI is InChI=1S/C18H25NO3/c1-3-13-22-16-9-7-15(14-17(16)21-2)8-10-18(20)19-11-5-4-6-12-19/h7-10,14H,3-6,11-13H2,1-2H3/b10-8+. The van der Waals surface area contributed by atoms with Crippen LogP contribution in [0.2, 0.25) is 0 Å². The number of hydrogen-bond acceptors (Lipinski definition) is 3.